The molecule has 0 saturated carbocycles. The lowest BCUT2D eigenvalue weighted by molar-refractivity contribution is 0.673. The van der Waals surface area contributed by atoms with Crippen LogP contribution in [0.5, 0.6) is 0 Å². The maximum Gasteiger partial charge on any atom is 0.160 e. The van der Waals surface area contributed by atoms with Crippen LogP contribution >= 0.6 is 0 Å². The number of para-hydroxylation sites is 3. The Morgan fingerprint density at radius 3 is 1.74 bits per heavy atom. The van der Waals surface area contributed by atoms with Crippen LogP contribution in [0.3, 0.4) is 0 Å². The molecule has 0 bridgehead atoms. The molecule has 0 saturated heterocycles. The van der Waals surface area contributed by atoms with Gasteiger partial charge in [0.15, 0.2) is 5.82 Å². The van der Waals surface area contributed by atoms with E-state index in [0.29, 0.717) is 17.0 Å². The average molecular weight is 779 g/mol. The van der Waals surface area contributed by atoms with Crippen LogP contribution in [0.15, 0.2) is 186 Å². The van der Waals surface area contributed by atoms with Gasteiger partial charge in [0.1, 0.15) is 17.2 Å². The van der Waals surface area contributed by atoms with Gasteiger partial charge in [0.25, 0.3) is 0 Å². The topological polar surface area (TPSA) is 96.4 Å². The summed E-state index contributed by atoms with van der Waals surface area (Å²) in [5.41, 5.74) is 12.3. The average Bonchev–Trinajstić information content (AvgIpc) is 4.00. The van der Waals surface area contributed by atoms with Crippen LogP contribution in [0.1, 0.15) is 11.1 Å². The first-order chi connectivity index (χ1) is 30.2. The summed E-state index contributed by atoms with van der Waals surface area (Å²) in [6.45, 7) is 0. The summed E-state index contributed by atoms with van der Waals surface area (Å²) in [6, 6.07) is 65.7. The van der Waals surface area contributed by atoms with Crippen LogP contribution in [0.4, 0.5) is 0 Å². The molecule has 0 atom stereocenters. The lowest BCUT2D eigenvalue weighted by Crippen LogP contribution is -2.01. The number of benzene rings is 8. The van der Waals surface area contributed by atoms with Gasteiger partial charge in [0.2, 0.25) is 0 Å². The zero-order valence-corrected chi connectivity index (χ0v) is 32.4. The number of nitrogens with zero attached hydrogens (tertiary/aromatic N) is 6. The molecule has 12 rings (SSSR count). The summed E-state index contributed by atoms with van der Waals surface area (Å²) in [4.78, 5) is 10.2. The Morgan fingerprint density at radius 1 is 0.459 bits per heavy atom. The van der Waals surface area contributed by atoms with Crippen molar-refractivity contribution >= 4 is 65.6 Å². The van der Waals surface area contributed by atoms with E-state index >= 15 is 0 Å². The summed E-state index contributed by atoms with van der Waals surface area (Å²) >= 11 is 0. The predicted molar refractivity (Wildman–Crippen MR) is 244 cm³/mol. The Kier molecular flexibility index (Phi) is 7.52. The molecule has 282 valence electrons. The molecule has 7 nitrogen and oxygen atoms in total. The van der Waals surface area contributed by atoms with Crippen molar-refractivity contribution in [2.75, 3.05) is 0 Å². The van der Waals surface area contributed by atoms with Crippen molar-refractivity contribution in [2.24, 2.45) is 0 Å². The summed E-state index contributed by atoms with van der Waals surface area (Å²) in [5, 5.41) is 27.1. The molecule has 0 radical (unpaired) electrons. The van der Waals surface area contributed by atoms with E-state index in [-0.39, 0.29) is 0 Å². The minimum Gasteiger partial charge on any atom is -0.455 e. The maximum atomic E-state index is 11.1. The Bertz CT molecular complexity index is 3790. The highest BCUT2D eigenvalue weighted by molar-refractivity contribution is 6.39. The van der Waals surface area contributed by atoms with Gasteiger partial charge in [-0.05, 0) is 60.7 Å². The van der Waals surface area contributed by atoms with Crippen molar-refractivity contribution in [1.29, 1.82) is 10.5 Å². The van der Waals surface area contributed by atoms with Crippen molar-refractivity contribution < 1.29 is 4.42 Å². The smallest absolute Gasteiger partial charge is 0.160 e. The molecular formula is C54H30N6O. The SMILES string of the molecule is N#Cc1cccc(-n2c3ccccc3c3c4c(c5ccccc5n4-c4ccc(-c5nc(-c6ccccc6)cc(-c6ccccc6)n5)cc4C#N)c4oc5ccccc5c4c32)c1. The van der Waals surface area contributed by atoms with E-state index in [9.17, 15) is 10.5 Å². The minimum atomic E-state index is 0.471. The third-order valence-electron chi connectivity index (χ3n) is 11.8. The summed E-state index contributed by atoms with van der Waals surface area (Å²) in [5.74, 6) is 0.527. The highest BCUT2D eigenvalue weighted by Gasteiger charge is 2.28. The number of rotatable bonds is 5. The number of furan rings is 1. The van der Waals surface area contributed by atoms with Crippen LogP contribution in [-0.4, -0.2) is 19.1 Å². The van der Waals surface area contributed by atoms with Gasteiger partial charge in [-0.2, -0.15) is 10.5 Å². The van der Waals surface area contributed by atoms with Gasteiger partial charge in [-0.1, -0.05) is 121 Å². The second-order valence-corrected chi connectivity index (χ2v) is 15.2. The Morgan fingerprint density at radius 2 is 1.05 bits per heavy atom. The first-order valence-electron chi connectivity index (χ1n) is 20.0. The van der Waals surface area contributed by atoms with Crippen molar-refractivity contribution in [3.05, 3.63) is 193 Å². The monoisotopic (exact) mass is 778 g/mol. The van der Waals surface area contributed by atoms with Gasteiger partial charge in [-0.15, -0.1) is 0 Å². The molecule has 0 unspecified atom stereocenters. The molecule has 0 amide bonds. The second-order valence-electron chi connectivity index (χ2n) is 15.2. The molecule has 0 spiro atoms. The van der Waals surface area contributed by atoms with Crippen molar-refractivity contribution in [1.82, 2.24) is 19.1 Å². The third-order valence-corrected chi connectivity index (χ3v) is 11.8. The number of aromatic nitrogens is 4. The summed E-state index contributed by atoms with van der Waals surface area (Å²) < 4.78 is 11.4. The molecule has 12 aromatic rings. The number of nitriles is 2. The van der Waals surface area contributed by atoms with E-state index < -0.39 is 0 Å². The van der Waals surface area contributed by atoms with Crippen LogP contribution in [0.2, 0.25) is 0 Å². The van der Waals surface area contributed by atoms with E-state index in [1.807, 2.05) is 140 Å². The zero-order valence-electron chi connectivity index (χ0n) is 32.4. The number of fused-ring (bicyclic) bond motifs is 12. The summed E-state index contributed by atoms with van der Waals surface area (Å²) in [6.07, 6.45) is 0. The molecule has 4 heterocycles. The minimum absolute atomic E-state index is 0.471. The normalized spacial score (nSPS) is 11.6. The van der Waals surface area contributed by atoms with Crippen molar-refractivity contribution in [3.8, 4) is 57.4 Å². The van der Waals surface area contributed by atoms with E-state index in [2.05, 4.69) is 63.7 Å². The van der Waals surface area contributed by atoms with E-state index in [1.54, 1.807) is 0 Å². The van der Waals surface area contributed by atoms with E-state index in [1.165, 1.54) is 0 Å². The molecule has 0 aliphatic rings. The fraction of sp³-hybridized carbons (Fsp3) is 0. The van der Waals surface area contributed by atoms with Crippen LogP contribution in [-0.2, 0) is 0 Å². The Balaban J connectivity index is 1.20. The molecule has 61 heavy (non-hydrogen) atoms. The highest BCUT2D eigenvalue weighted by atomic mass is 16.3. The zero-order chi connectivity index (χ0) is 40.6. The van der Waals surface area contributed by atoms with Gasteiger partial charge in [-0.25, -0.2) is 9.97 Å². The maximum absolute atomic E-state index is 11.1. The fourth-order valence-corrected chi connectivity index (χ4v) is 9.16. The van der Waals surface area contributed by atoms with Gasteiger partial charge >= 0.3 is 0 Å². The number of hydrogen-bond donors (Lipinski definition) is 0. The Hall–Kier alpha value is -8.78. The predicted octanol–water partition coefficient (Wildman–Crippen LogP) is 13.3. The standard InChI is InChI=1S/C54H30N6O/c55-31-33-14-13-19-38(28-33)59-45-23-10-7-20-39(45)48-51(59)50-41-22-9-12-25-47(41)61-53(50)49-40-21-8-11-24-46(40)60(52(48)49)44-27-26-36(29-37(44)32-56)54-57-42(34-15-3-1-4-16-34)30-43(58-54)35-17-5-2-6-18-35/h1-30H. The van der Waals surface area contributed by atoms with Crippen LogP contribution < -0.4 is 0 Å². The van der Waals surface area contributed by atoms with Gasteiger partial charge in [0.05, 0.1) is 67.1 Å². The van der Waals surface area contributed by atoms with Gasteiger partial charge in [-0.3, -0.25) is 0 Å². The molecule has 0 fully saturated rings. The molecule has 8 aromatic carbocycles. The fourth-order valence-electron chi connectivity index (χ4n) is 9.16. The van der Waals surface area contributed by atoms with Crippen LogP contribution in [0, 0.1) is 22.7 Å². The van der Waals surface area contributed by atoms with Gasteiger partial charge < -0.3 is 13.6 Å². The molecule has 0 N–H and O–H groups in total. The van der Waals surface area contributed by atoms with Gasteiger partial charge in [0, 0.05) is 43.9 Å². The Labute approximate surface area is 348 Å². The quantitative estimate of drug-likeness (QED) is 0.173. The molecule has 7 heteroatoms. The second kappa shape index (κ2) is 13.4. The lowest BCUT2D eigenvalue weighted by atomic mass is 10.0. The van der Waals surface area contributed by atoms with E-state index in [0.717, 1.165) is 105 Å². The first-order valence-corrected chi connectivity index (χ1v) is 20.0. The molecule has 4 aromatic heterocycles. The summed E-state index contributed by atoms with van der Waals surface area (Å²) in [7, 11) is 0. The molecule has 0 aliphatic heterocycles. The van der Waals surface area contributed by atoms with Crippen LogP contribution in [0.25, 0.3) is 111 Å². The number of hydrogen-bond acceptors (Lipinski definition) is 5. The van der Waals surface area contributed by atoms with E-state index in [4.69, 9.17) is 14.4 Å². The molecular weight excluding hydrogens is 749 g/mol. The van der Waals surface area contributed by atoms with Crippen molar-refractivity contribution in [3.63, 3.8) is 0 Å². The van der Waals surface area contributed by atoms with Crippen molar-refractivity contribution in [2.45, 2.75) is 0 Å². The molecule has 0 aliphatic carbocycles. The highest BCUT2D eigenvalue weighted by Crippen LogP contribution is 2.49. The third kappa shape index (κ3) is 5.15. The lowest BCUT2D eigenvalue weighted by Gasteiger charge is -2.14. The largest absolute Gasteiger partial charge is 0.455 e. The first kappa shape index (κ1) is 34.3.